The zero-order valence-corrected chi connectivity index (χ0v) is 20.1. The Morgan fingerprint density at radius 2 is 1.94 bits per heavy atom. The van der Waals surface area contributed by atoms with Crippen LogP contribution in [0.2, 0.25) is 5.02 Å². The summed E-state index contributed by atoms with van der Waals surface area (Å²) in [5, 5.41) is 3.45. The summed E-state index contributed by atoms with van der Waals surface area (Å²) in [6.45, 7) is 4.12. The van der Waals surface area contributed by atoms with Crippen molar-refractivity contribution in [1.82, 2.24) is 10.2 Å². The van der Waals surface area contributed by atoms with Crippen LogP contribution in [0.1, 0.15) is 49.3 Å². The fraction of sp³-hybridized carbons (Fsp3) is 0.440. The Hall–Kier alpha value is -2.05. The molecule has 0 saturated heterocycles. The molecule has 0 spiro atoms. The van der Waals surface area contributed by atoms with Crippen molar-refractivity contribution in [2.24, 2.45) is 0 Å². The second-order valence-corrected chi connectivity index (χ2v) is 9.76. The van der Waals surface area contributed by atoms with Gasteiger partial charge in [0.2, 0.25) is 11.8 Å². The fourth-order valence-electron chi connectivity index (χ4n) is 3.98. The summed E-state index contributed by atoms with van der Waals surface area (Å²) in [5.74, 6) is -0.230. The molecule has 0 bridgehead atoms. The molecule has 7 heteroatoms. The van der Waals surface area contributed by atoms with Crippen molar-refractivity contribution < 1.29 is 14.0 Å². The summed E-state index contributed by atoms with van der Waals surface area (Å²) < 4.78 is 14.0. The van der Waals surface area contributed by atoms with E-state index < -0.39 is 6.04 Å². The number of aryl methyl sites for hydroxylation is 1. The molecule has 1 N–H and O–H groups in total. The third kappa shape index (κ3) is 6.72. The van der Waals surface area contributed by atoms with Crippen molar-refractivity contribution in [2.45, 2.75) is 63.9 Å². The Labute approximate surface area is 198 Å². The summed E-state index contributed by atoms with van der Waals surface area (Å²) in [7, 11) is 0. The van der Waals surface area contributed by atoms with Crippen LogP contribution in [-0.2, 0) is 21.9 Å². The molecule has 0 aromatic heterocycles. The molecule has 0 radical (unpaired) electrons. The van der Waals surface area contributed by atoms with Gasteiger partial charge in [0.15, 0.2) is 0 Å². The second-order valence-electron chi connectivity index (χ2n) is 8.37. The van der Waals surface area contributed by atoms with Gasteiger partial charge in [-0.2, -0.15) is 0 Å². The lowest BCUT2D eigenvalue weighted by molar-refractivity contribution is -0.138. The molecular formula is C25H30ClFN2O2S. The summed E-state index contributed by atoms with van der Waals surface area (Å²) in [6, 6.07) is 12.1. The molecule has 32 heavy (non-hydrogen) atoms. The smallest absolute Gasteiger partial charge is 0.242 e. The second kappa shape index (κ2) is 11.7. The highest BCUT2D eigenvalue weighted by Gasteiger charge is 2.28. The van der Waals surface area contributed by atoms with Crippen LogP contribution in [0.15, 0.2) is 42.5 Å². The molecule has 2 aromatic carbocycles. The number of halogens is 2. The molecule has 172 valence electrons. The van der Waals surface area contributed by atoms with Crippen LogP contribution in [0.4, 0.5) is 4.39 Å². The van der Waals surface area contributed by atoms with Crippen molar-refractivity contribution in [1.29, 1.82) is 0 Å². The quantitative estimate of drug-likeness (QED) is 0.520. The lowest BCUT2D eigenvalue weighted by Gasteiger charge is -2.30. The Morgan fingerprint density at radius 1 is 1.22 bits per heavy atom. The summed E-state index contributed by atoms with van der Waals surface area (Å²) in [4.78, 5) is 27.7. The predicted octanol–water partition coefficient (Wildman–Crippen LogP) is 5.50. The van der Waals surface area contributed by atoms with E-state index in [0.29, 0.717) is 17.1 Å². The molecule has 0 unspecified atom stereocenters. The lowest BCUT2D eigenvalue weighted by atomic mass is 10.1. The number of hydrogen-bond acceptors (Lipinski definition) is 3. The largest absolute Gasteiger partial charge is 0.352 e. The first-order chi connectivity index (χ1) is 15.3. The van der Waals surface area contributed by atoms with Crippen molar-refractivity contribution in [3.8, 4) is 0 Å². The van der Waals surface area contributed by atoms with Crippen LogP contribution in [0.5, 0.6) is 0 Å². The van der Waals surface area contributed by atoms with E-state index in [9.17, 15) is 14.0 Å². The van der Waals surface area contributed by atoms with Crippen LogP contribution in [-0.4, -0.2) is 34.6 Å². The zero-order valence-electron chi connectivity index (χ0n) is 18.6. The van der Waals surface area contributed by atoms with Crippen LogP contribution >= 0.6 is 23.4 Å². The first kappa shape index (κ1) is 24.6. The van der Waals surface area contributed by atoms with Gasteiger partial charge >= 0.3 is 0 Å². The van der Waals surface area contributed by atoms with Gasteiger partial charge in [-0.3, -0.25) is 9.59 Å². The topological polar surface area (TPSA) is 49.4 Å². The number of thioether (sulfide) groups is 1. The highest BCUT2D eigenvalue weighted by molar-refractivity contribution is 7.99. The first-order valence-corrected chi connectivity index (χ1v) is 12.5. The Morgan fingerprint density at radius 3 is 2.62 bits per heavy atom. The number of nitrogens with one attached hydrogen (secondary N) is 1. The summed E-state index contributed by atoms with van der Waals surface area (Å²) in [6.07, 6.45) is 4.23. The van der Waals surface area contributed by atoms with Gasteiger partial charge in [-0.15, -0.1) is 11.8 Å². The minimum atomic E-state index is -0.596. The number of amides is 2. The van der Waals surface area contributed by atoms with Crippen LogP contribution in [0, 0.1) is 12.7 Å². The molecule has 1 atom stereocenters. The van der Waals surface area contributed by atoms with Gasteiger partial charge in [0.25, 0.3) is 0 Å². The molecule has 2 aromatic rings. The van der Waals surface area contributed by atoms with E-state index in [-0.39, 0.29) is 35.2 Å². The molecule has 1 fully saturated rings. The van der Waals surface area contributed by atoms with Crippen molar-refractivity contribution in [3.05, 3.63) is 70.0 Å². The van der Waals surface area contributed by atoms with E-state index in [1.165, 1.54) is 17.8 Å². The maximum atomic E-state index is 14.0. The molecule has 2 amide bonds. The van der Waals surface area contributed by atoms with E-state index in [4.69, 9.17) is 11.6 Å². The van der Waals surface area contributed by atoms with Crippen molar-refractivity contribution >= 4 is 35.2 Å². The van der Waals surface area contributed by atoms with Crippen molar-refractivity contribution in [3.63, 3.8) is 0 Å². The van der Waals surface area contributed by atoms with E-state index >= 15 is 0 Å². The first-order valence-electron chi connectivity index (χ1n) is 11.0. The van der Waals surface area contributed by atoms with Crippen LogP contribution in [0.3, 0.4) is 0 Å². The van der Waals surface area contributed by atoms with Crippen LogP contribution in [0.25, 0.3) is 0 Å². The van der Waals surface area contributed by atoms with Gasteiger partial charge in [-0.1, -0.05) is 60.3 Å². The highest BCUT2D eigenvalue weighted by Crippen LogP contribution is 2.25. The molecule has 1 saturated carbocycles. The number of carbonyl (C=O) groups is 2. The summed E-state index contributed by atoms with van der Waals surface area (Å²) >= 11 is 7.40. The van der Waals surface area contributed by atoms with Gasteiger partial charge in [0.05, 0.1) is 5.75 Å². The monoisotopic (exact) mass is 476 g/mol. The van der Waals surface area contributed by atoms with E-state index in [1.807, 2.05) is 31.2 Å². The third-order valence-corrected chi connectivity index (χ3v) is 7.14. The average Bonchev–Trinajstić information content (AvgIpc) is 3.26. The number of nitrogens with zero attached hydrogens (tertiary/aromatic N) is 1. The van der Waals surface area contributed by atoms with Gasteiger partial charge in [-0.05, 0) is 44.4 Å². The van der Waals surface area contributed by atoms with Crippen LogP contribution < -0.4 is 5.32 Å². The number of rotatable bonds is 9. The Kier molecular flexibility index (Phi) is 9.00. The van der Waals surface area contributed by atoms with Gasteiger partial charge in [-0.25, -0.2) is 4.39 Å². The van der Waals surface area contributed by atoms with Gasteiger partial charge in [0.1, 0.15) is 11.9 Å². The summed E-state index contributed by atoms with van der Waals surface area (Å²) in [5.41, 5.74) is 2.46. The fourth-order valence-corrected chi connectivity index (χ4v) is 5.22. The zero-order chi connectivity index (χ0) is 23.1. The van der Waals surface area contributed by atoms with E-state index in [1.54, 1.807) is 24.0 Å². The standard InChI is InChI=1S/C25H30ClFN2O2S/c1-17-7-5-8-19(13-17)14-29(18(2)25(31)28-20-9-3-4-10-20)24(30)16-32-15-21-22(26)11-6-12-23(21)27/h5-8,11-13,18,20H,3-4,9-10,14-16H2,1-2H3,(H,28,31)/t18-/m1/s1. The van der Waals surface area contributed by atoms with Crippen molar-refractivity contribution in [2.75, 3.05) is 5.75 Å². The third-order valence-electron chi connectivity index (χ3n) is 5.84. The SMILES string of the molecule is Cc1cccc(CN(C(=O)CSCc2c(F)cccc2Cl)[C@H](C)C(=O)NC2CCCC2)c1. The lowest BCUT2D eigenvalue weighted by Crippen LogP contribution is -2.50. The minimum Gasteiger partial charge on any atom is -0.352 e. The number of benzene rings is 2. The van der Waals surface area contributed by atoms with Gasteiger partial charge in [0, 0.05) is 28.9 Å². The molecule has 3 rings (SSSR count). The molecule has 1 aliphatic carbocycles. The minimum absolute atomic E-state index is 0.125. The number of hydrogen-bond donors (Lipinski definition) is 1. The molecule has 1 aliphatic rings. The maximum Gasteiger partial charge on any atom is 0.242 e. The van der Waals surface area contributed by atoms with E-state index in [2.05, 4.69) is 5.32 Å². The normalized spacial score (nSPS) is 14.9. The number of carbonyl (C=O) groups excluding carboxylic acids is 2. The molecule has 0 heterocycles. The Bertz CT molecular complexity index is 929. The Balaban J connectivity index is 1.68. The maximum absolute atomic E-state index is 14.0. The molecule has 0 aliphatic heterocycles. The predicted molar refractivity (Wildman–Crippen MR) is 129 cm³/mol. The van der Waals surface area contributed by atoms with Gasteiger partial charge < -0.3 is 10.2 Å². The van der Waals surface area contributed by atoms with E-state index in [0.717, 1.165) is 36.8 Å². The average molecular weight is 477 g/mol. The highest BCUT2D eigenvalue weighted by atomic mass is 35.5. The molecule has 4 nitrogen and oxygen atoms in total. The molecular weight excluding hydrogens is 447 g/mol.